The van der Waals surface area contributed by atoms with E-state index in [1.165, 1.54) is 6.33 Å². The Labute approximate surface area is 236 Å². The lowest BCUT2D eigenvalue weighted by Gasteiger charge is -2.37. The predicted octanol–water partition coefficient (Wildman–Crippen LogP) is 4.55. The van der Waals surface area contributed by atoms with Crippen molar-refractivity contribution in [3.05, 3.63) is 131 Å². The highest BCUT2D eigenvalue weighted by atomic mass is 16.8. The van der Waals surface area contributed by atoms with E-state index in [9.17, 15) is 4.79 Å². The number of nitrogens with one attached hydrogen (secondary N) is 1. The fourth-order valence-electron chi connectivity index (χ4n) is 6.04. The lowest BCUT2D eigenvalue weighted by atomic mass is 9.80. The Morgan fingerprint density at radius 3 is 2.00 bits per heavy atom. The van der Waals surface area contributed by atoms with Crippen LogP contribution in [0.15, 0.2) is 108 Å². The Morgan fingerprint density at radius 2 is 1.41 bits per heavy atom. The van der Waals surface area contributed by atoms with Crippen molar-refractivity contribution in [1.29, 1.82) is 0 Å². The maximum absolute atomic E-state index is 12.3. The van der Waals surface area contributed by atoms with Crippen molar-refractivity contribution in [1.82, 2.24) is 19.5 Å². The molecule has 1 N–H and O–H groups in total. The van der Waals surface area contributed by atoms with Gasteiger partial charge in [-0.1, -0.05) is 91.0 Å². The number of hydrogen-bond acceptors (Lipinski definition) is 7. The van der Waals surface area contributed by atoms with Crippen molar-refractivity contribution >= 4 is 11.2 Å². The molecule has 0 spiro atoms. The van der Waals surface area contributed by atoms with Crippen LogP contribution in [0.25, 0.3) is 11.2 Å². The molecule has 4 atom stereocenters. The standard InChI is InChI=1S/C32H30N4O5/c1-31(2)40-26-24(39-30(27(26)41-31)36-20-35-25-28(36)33-19-34-29(25)37)18-38-32(21-12-6-3-7-13-21,22-14-8-4-9-15-22)23-16-10-5-11-17-23/h3-17,19-20,24,26-27,30H,18H2,1-2H3,(H,33,34,37)/t24-,26+,27-,30-/m1/s1. The van der Waals surface area contributed by atoms with E-state index in [0.29, 0.717) is 5.65 Å². The number of rotatable bonds is 7. The van der Waals surface area contributed by atoms with Gasteiger partial charge in [0.1, 0.15) is 23.9 Å². The fourth-order valence-corrected chi connectivity index (χ4v) is 6.04. The van der Waals surface area contributed by atoms with E-state index < -0.39 is 35.9 Å². The monoisotopic (exact) mass is 550 g/mol. The van der Waals surface area contributed by atoms with Gasteiger partial charge in [0.2, 0.25) is 0 Å². The van der Waals surface area contributed by atoms with Crippen LogP contribution in [0.1, 0.15) is 36.8 Å². The number of aromatic amines is 1. The van der Waals surface area contributed by atoms with Crippen molar-refractivity contribution < 1.29 is 18.9 Å². The highest BCUT2D eigenvalue weighted by Gasteiger charge is 2.57. The number of aromatic nitrogens is 4. The van der Waals surface area contributed by atoms with Crippen LogP contribution < -0.4 is 5.56 Å². The largest absolute Gasteiger partial charge is 0.358 e. The smallest absolute Gasteiger partial charge is 0.278 e. The summed E-state index contributed by atoms with van der Waals surface area (Å²) in [6.07, 6.45) is 0.941. The second kappa shape index (κ2) is 10.0. The summed E-state index contributed by atoms with van der Waals surface area (Å²) in [7, 11) is 0. The van der Waals surface area contributed by atoms with Crippen LogP contribution in [-0.2, 0) is 24.5 Å². The topological polar surface area (TPSA) is 100 Å². The number of imidazole rings is 1. The fraction of sp³-hybridized carbons (Fsp3) is 0.281. The zero-order chi connectivity index (χ0) is 28.0. The summed E-state index contributed by atoms with van der Waals surface area (Å²) in [4.78, 5) is 23.6. The SMILES string of the molecule is CC1(C)O[C@@H]2[C@@H](O1)[C@@H](COC(c1ccccc1)(c1ccccc1)c1ccccc1)O[C@H]2n1cnc2c(=O)[nH]cnc21. The van der Waals surface area contributed by atoms with Gasteiger partial charge in [0.05, 0.1) is 19.3 Å². The molecule has 41 heavy (non-hydrogen) atoms. The maximum Gasteiger partial charge on any atom is 0.278 e. The second-order valence-electron chi connectivity index (χ2n) is 10.8. The van der Waals surface area contributed by atoms with E-state index >= 15 is 0 Å². The lowest BCUT2D eigenvalue weighted by molar-refractivity contribution is -0.204. The van der Waals surface area contributed by atoms with E-state index in [-0.39, 0.29) is 17.7 Å². The molecule has 7 rings (SSSR count). The molecular formula is C32H30N4O5. The van der Waals surface area contributed by atoms with Crippen molar-refractivity contribution in [2.24, 2.45) is 0 Å². The number of fused-ring (bicyclic) bond motifs is 2. The molecule has 0 bridgehead atoms. The van der Waals surface area contributed by atoms with Crippen molar-refractivity contribution in [2.45, 2.75) is 49.8 Å². The van der Waals surface area contributed by atoms with Crippen LogP contribution in [0, 0.1) is 0 Å². The zero-order valence-electron chi connectivity index (χ0n) is 22.7. The summed E-state index contributed by atoms with van der Waals surface area (Å²) >= 11 is 0. The number of ether oxygens (including phenoxy) is 4. The Hall–Kier alpha value is -4.15. The van der Waals surface area contributed by atoms with Gasteiger partial charge in [0.25, 0.3) is 5.56 Å². The summed E-state index contributed by atoms with van der Waals surface area (Å²) in [5.74, 6) is -0.827. The van der Waals surface area contributed by atoms with E-state index in [2.05, 4.69) is 51.4 Å². The minimum Gasteiger partial charge on any atom is -0.358 e. The average molecular weight is 551 g/mol. The van der Waals surface area contributed by atoms with Crippen molar-refractivity contribution in [3.63, 3.8) is 0 Å². The summed E-state index contributed by atoms with van der Waals surface area (Å²) in [5, 5.41) is 0. The summed E-state index contributed by atoms with van der Waals surface area (Å²) in [6.45, 7) is 3.98. The number of benzene rings is 3. The molecule has 0 saturated carbocycles. The predicted molar refractivity (Wildman–Crippen MR) is 151 cm³/mol. The van der Waals surface area contributed by atoms with Crippen LogP contribution in [0.4, 0.5) is 0 Å². The molecule has 9 heteroatoms. The van der Waals surface area contributed by atoms with Crippen molar-refractivity contribution in [2.75, 3.05) is 6.61 Å². The van der Waals surface area contributed by atoms with Gasteiger partial charge < -0.3 is 23.9 Å². The van der Waals surface area contributed by atoms with Crippen LogP contribution in [0.2, 0.25) is 0 Å². The summed E-state index contributed by atoms with van der Waals surface area (Å²) in [5.41, 5.74) is 2.42. The normalized spacial score (nSPS) is 23.6. The Balaban J connectivity index is 1.29. The molecular weight excluding hydrogens is 520 g/mol. The minimum atomic E-state index is -0.910. The van der Waals surface area contributed by atoms with E-state index in [4.69, 9.17) is 18.9 Å². The maximum atomic E-state index is 12.3. The molecule has 5 aromatic rings. The molecule has 2 aliphatic heterocycles. The van der Waals surface area contributed by atoms with Gasteiger partial charge in [-0.05, 0) is 30.5 Å². The highest BCUT2D eigenvalue weighted by molar-refractivity contribution is 5.68. The van der Waals surface area contributed by atoms with Crippen LogP contribution in [0.3, 0.4) is 0 Å². The highest BCUT2D eigenvalue weighted by Crippen LogP contribution is 2.46. The summed E-state index contributed by atoms with van der Waals surface area (Å²) in [6, 6.07) is 30.6. The first kappa shape index (κ1) is 25.8. The molecule has 2 fully saturated rings. The lowest BCUT2D eigenvalue weighted by Crippen LogP contribution is -2.39. The molecule has 2 aliphatic rings. The van der Waals surface area contributed by atoms with E-state index in [0.717, 1.165) is 16.7 Å². The molecule has 0 amide bonds. The molecule has 2 saturated heterocycles. The van der Waals surface area contributed by atoms with Gasteiger partial charge in [-0.15, -0.1) is 0 Å². The number of hydrogen-bond donors (Lipinski definition) is 1. The molecule has 2 aromatic heterocycles. The van der Waals surface area contributed by atoms with Gasteiger partial charge in [-0.25, -0.2) is 9.97 Å². The van der Waals surface area contributed by atoms with Gasteiger partial charge in [-0.2, -0.15) is 0 Å². The quantitative estimate of drug-likeness (QED) is 0.297. The second-order valence-corrected chi connectivity index (χ2v) is 10.8. The average Bonchev–Trinajstić information content (AvgIpc) is 3.67. The van der Waals surface area contributed by atoms with Gasteiger partial charge in [0.15, 0.2) is 23.2 Å². The van der Waals surface area contributed by atoms with Crippen LogP contribution in [-0.4, -0.2) is 50.2 Å². The van der Waals surface area contributed by atoms with Gasteiger partial charge >= 0.3 is 0 Å². The number of H-pyrrole nitrogens is 1. The van der Waals surface area contributed by atoms with Gasteiger partial charge in [-0.3, -0.25) is 9.36 Å². The molecule has 0 aliphatic carbocycles. The first-order valence-electron chi connectivity index (χ1n) is 13.7. The van der Waals surface area contributed by atoms with E-state index in [1.807, 2.05) is 68.4 Å². The molecule has 9 nitrogen and oxygen atoms in total. The third-order valence-corrected chi connectivity index (χ3v) is 7.77. The summed E-state index contributed by atoms with van der Waals surface area (Å²) < 4.78 is 28.1. The van der Waals surface area contributed by atoms with E-state index in [1.54, 1.807) is 10.9 Å². The first-order chi connectivity index (χ1) is 20.0. The minimum absolute atomic E-state index is 0.205. The Kier molecular flexibility index (Phi) is 6.32. The van der Waals surface area contributed by atoms with Gasteiger partial charge in [0, 0.05) is 0 Å². The molecule has 4 heterocycles. The third kappa shape index (κ3) is 4.38. The molecule has 3 aromatic carbocycles. The van der Waals surface area contributed by atoms with Crippen LogP contribution in [0.5, 0.6) is 0 Å². The Morgan fingerprint density at radius 1 is 0.854 bits per heavy atom. The number of nitrogens with zero attached hydrogens (tertiary/aromatic N) is 3. The molecule has 0 radical (unpaired) electrons. The zero-order valence-corrected chi connectivity index (χ0v) is 22.7. The first-order valence-corrected chi connectivity index (χ1v) is 13.7. The molecule has 0 unspecified atom stereocenters. The third-order valence-electron chi connectivity index (χ3n) is 7.77. The molecule has 208 valence electrons. The van der Waals surface area contributed by atoms with Crippen LogP contribution >= 0.6 is 0 Å². The Bertz CT molecular complexity index is 1610. The van der Waals surface area contributed by atoms with Crippen molar-refractivity contribution in [3.8, 4) is 0 Å².